The maximum Gasteiger partial charge on any atom is 0.0477 e. The number of piperidine rings is 1. The van der Waals surface area contributed by atoms with Crippen LogP contribution < -0.4 is 5.32 Å². The molecule has 2 aliphatic rings. The van der Waals surface area contributed by atoms with Crippen LogP contribution in [0.25, 0.3) is 0 Å². The molecule has 2 atom stereocenters. The second-order valence-electron chi connectivity index (χ2n) is 5.71. The summed E-state index contributed by atoms with van der Waals surface area (Å²) >= 11 is 0. The highest BCUT2D eigenvalue weighted by atomic mass is 16.5. The molecule has 0 amide bonds. The molecular formula is C14H28N2O. The molecule has 2 aliphatic heterocycles. The second-order valence-corrected chi connectivity index (χ2v) is 5.71. The Morgan fingerprint density at radius 3 is 2.65 bits per heavy atom. The monoisotopic (exact) mass is 240 g/mol. The van der Waals surface area contributed by atoms with Crippen LogP contribution in [-0.2, 0) is 4.74 Å². The second kappa shape index (κ2) is 6.72. The van der Waals surface area contributed by atoms with Gasteiger partial charge in [0.15, 0.2) is 0 Å². The van der Waals surface area contributed by atoms with Gasteiger partial charge >= 0.3 is 0 Å². The third kappa shape index (κ3) is 3.67. The van der Waals surface area contributed by atoms with Crippen LogP contribution in [0.3, 0.4) is 0 Å². The molecule has 2 unspecified atom stereocenters. The minimum atomic E-state index is 0.687. The van der Waals surface area contributed by atoms with Crippen molar-refractivity contribution in [2.45, 2.75) is 51.1 Å². The Morgan fingerprint density at radius 1 is 1.29 bits per heavy atom. The molecule has 0 spiro atoms. The molecule has 0 saturated carbocycles. The molecule has 1 N–H and O–H groups in total. The average Bonchev–Trinajstić information content (AvgIpc) is 2.90. The summed E-state index contributed by atoms with van der Waals surface area (Å²) in [7, 11) is 1.80. The molecule has 0 aromatic heterocycles. The molecule has 100 valence electrons. The van der Waals surface area contributed by atoms with Crippen molar-refractivity contribution in [2.75, 3.05) is 33.4 Å². The normalized spacial score (nSPS) is 29.6. The van der Waals surface area contributed by atoms with Crippen LogP contribution in [0.15, 0.2) is 0 Å². The Morgan fingerprint density at radius 2 is 2.06 bits per heavy atom. The van der Waals surface area contributed by atoms with Crippen LogP contribution >= 0.6 is 0 Å². The van der Waals surface area contributed by atoms with Crippen LogP contribution in [0.1, 0.15) is 39.0 Å². The van der Waals surface area contributed by atoms with Gasteiger partial charge in [0.25, 0.3) is 0 Å². The third-order valence-electron chi connectivity index (χ3n) is 4.60. The molecule has 0 radical (unpaired) electrons. The summed E-state index contributed by atoms with van der Waals surface area (Å²) in [5, 5.41) is 3.67. The molecule has 2 saturated heterocycles. The fraction of sp³-hybridized carbons (Fsp3) is 1.00. The Hall–Kier alpha value is -0.120. The van der Waals surface area contributed by atoms with Crippen LogP contribution in [0.4, 0.5) is 0 Å². The smallest absolute Gasteiger partial charge is 0.0477 e. The number of hydrogen-bond acceptors (Lipinski definition) is 3. The zero-order valence-corrected chi connectivity index (χ0v) is 11.5. The molecular weight excluding hydrogens is 212 g/mol. The minimum absolute atomic E-state index is 0.687. The summed E-state index contributed by atoms with van der Waals surface area (Å²) in [6, 6.07) is 1.51. The summed E-state index contributed by atoms with van der Waals surface area (Å²) in [4.78, 5) is 2.64. The molecule has 0 bridgehead atoms. The Kier molecular flexibility index (Phi) is 5.26. The highest BCUT2D eigenvalue weighted by Crippen LogP contribution is 2.26. The highest BCUT2D eigenvalue weighted by molar-refractivity contribution is 4.86. The van der Waals surface area contributed by atoms with Crippen LogP contribution in [0, 0.1) is 5.92 Å². The van der Waals surface area contributed by atoms with E-state index in [4.69, 9.17) is 4.74 Å². The van der Waals surface area contributed by atoms with Gasteiger partial charge in [0.05, 0.1) is 0 Å². The topological polar surface area (TPSA) is 24.5 Å². The first-order chi connectivity index (χ1) is 8.31. The maximum atomic E-state index is 5.17. The van der Waals surface area contributed by atoms with E-state index in [9.17, 15) is 0 Å². The lowest BCUT2D eigenvalue weighted by Gasteiger charge is -2.38. The van der Waals surface area contributed by atoms with Gasteiger partial charge < -0.3 is 15.0 Å². The largest absolute Gasteiger partial charge is 0.385 e. The van der Waals surface area contributed by atoms with Gasteiger partial charge in [-0.1, -0.05) is 0 Å². The lowest BCUT2D eigenvalue weighted by molar-refractivity contribution is 0.0984. The Bertz CT molecular complexity index is 208. The number of methoxy groups -OCH3 is 1. The number of nitrogens with zero attached hydrogens (tertiary/aromatic N) is 1. The van der Waals surface area contributed by atoms with E-state index >= 15 is 0 Å². The first kappa shape index (κ1) is 13.3. The average molecular weight is 240 g/mol. The number of rotatable bonds is 5. The minimum Gasteiger partial charge on any atom is -0.385 e. The predicted molar refractivity (Wildman–Crippen MR) is 71.3 cm³/mol. The summed E-state index contributed by atoms with van der Waals surface area (Å²) in [5.74, 6) is 0.934. The van der Waals surface area contributed by atoms with Crippen molar-refractivity contribution in [3.63, 3.8) is 0 Å². The number of hydrogen-bond donors (Lipinski definition) is 1. The highest BCUT2D eigenvalue weighted by Gasteiger charge is 2.29. The molecule has 0 aliphatic carbocycles. The van der Waals surface area contributed by atoms with E-state index in [0.29, 0.717) is 6.04 Å². The molecule has 3 nitrogen and oxygen atoms in total. The van der Waals surface area contributed by atoms with Crippen molar-refractivity contribution in [1.82, 2.24) is 10.2 Å². The van der Waals surface area contributed by atoms with Crippen LogP contribution in [-0.4, -0.2) is 50.3 Å². The summed E-state index contributed by atoms with van der Waals surface area (Å²) in [5.41, 5.74) is 0. The van der Waals surface area contributed by atoms with E-state index in [1.54, 1.807) is 7.11 Å². The molecule has 3 heteroatoms. The van der Waals surface area contributed by atoms with Crippen molar-refractivity contribution in [3.05, 3.63) is 0 Å². The molecule has 2 rings (SSSR count). The fourth-order valence-corrected chi connectivity index (χ4v) is 3.35. The zero-order valence-electron chi connectivity index (χ0n) is 11.5. The van der Waals surface area contributed by atoms with Gasteiger partial charge in [-0.3, -0.25) is 0 Å². The van der Waals surface area contributed by atoms with Gasteiger partial charge in [0, 0.05) is 25.8 Å². The summed E-state index contributed by atoms with van der Waals surface area (Å²) < 4.78 is 5.17. The molecule has 2 fully saturated rings. The lowest BCUT2D eigenvalue weighted by atomic mass is 9.88. The number of likely N-dealkylation sites (tertiary alicyclic amines) is 1. The molecule has 0 aromatic rings. The predicted octanol–water partition coefficient (Wildman–Crippen LogP) is 1.88. The van der Waals surface area contributed by atoms with E-state index < -0.39 is 0 Å². The van der Waals surface area contributed by atoms with Crippen LogP contribution in [0.2, 0.25) is 0 Å². The van der Waals surface area contributed by atoms with E-state index in [0.717, 1.165) is 18.6 Å². The summed E-state index contributed by atoms with van der Waals surface area (Å²) in [6.07, 6.45) is 6.73. The first-order valence-electron chi connectivity index (χ1n) is 7.27. The molecule has 2 heterocycles. The maximum absolute atomic E-state index is 5.17. The van der Waals surface area contributed by atoms with Crippen molar-refractivity contribution in [3.8, 4) is 0 Å². The van der Waals surface area contributed by atoms with Crippen molar-refractivity contribution < 1.29 is 4.74 Å². The van der Waals surface area contributed by atoms with Gasteiger partial charge in [-0.2, -0.15) is 0 Å². The summed E-state index contributed by atoms with van der Waals surface area (Å²) in [6.45, 7) is 7.05. The van der Waals surface area contributed by atoms with Crippen molar-refractivity contribution in [1.29, 1.82) is 0 Å². The third-order valence-corrected chi connectivity index (χ3v) is 4.60. The van der Waals surface area contributed by atoms with Gasteiger partial charge in [-0.25, -0.2) is 0 Å². The Labute approximate surface area is 106 Å². The molecule has 0 aromatic carbocycles. The van der Waals surface area contributed by atoms with Crippen molar-refractivity contribution in [2.24, 2.45) is 5.92 Å². The number of nitrogens with one attached hydrogen (secondary N) is 1. The number of ether oxygens (including phenoxy) is 1. The van der Waals surface area contributed by atoms with Gasteiger partial charge in [0.2, 0.25) is 0 Å². The first-order valence-corrected chi connectivity index (χ1v) is 7.27. The van der Waals surface area contributed by atoms with Gasteiger partial charge in [-0.05, 0) is 64.6 Å². The molecule has 17 heavy (non-hydrogen) atoms. The van der Waals surface area contributed by atoms with Crippen LogP contribution in [0.5, 0.6) is 0 Å². The van der Waals surface area contributed by atoms with E-state index in [1.807, 2.05) is 0 Å². The lowest BCUT2D eigenvalue weighted by Crippen LogP contribution is -2.44. The van der Waals surface area contributed by atoms with E-state index in [1.165, 1.54) is 51.7 Å². The standard InChI is InChI=1S/C14H28N2O/c1-12(7-11-17-2)16-9-5-13(6-10-16)14-4-3-8-15-14/h12-15H,3-11H2,1-2H3. The van der Waals surface area contributed by atoms with E-state index in [-0.39, 0.29) is 0 Å². The van der Waals surface area contributed by atoms with Gasteiger partial charge in [0.1, 0.15) is 0 Å². The SMILES string of the molecule is COCCC(C)N1CCC(C2CCCN2)CC1. The van der Waals surface area contributed by atoms with Gasteiger partial charge in [-0.15, -0.1) is 0 Å². The van der Waals surface area contributed by atoms with Crippen molar-refractivity contribution >= 4 is 0 Å². The quantitative estimate of drug-likeness (QED) is 0.794. The van der Waals surface area contributed by atoms with E-state index in [2.05, 4.69) is 17.1 Å². The zero-order chi connectivity index (χ0) is 12.1. The Balaban J connectivity index is 1.69. The fourth-order valence-electron chi connectivity index (χ4n) is 3.35.